The minimum atomic E-state index is -3.71. The fourth-order valence-electron chi connectivity index (χ4n) is 4.13. The topological polar surface area (TPSA) is 84.9 Å². The van der Waals surface area contributed by atoms with Gasteiger partial charge in [-0.1, -0.05) is 30.3 Å². The fourth-order valence-corrected chi connectivity index (χ4v) is 5.67. The first-order chi connectivity index (χ1) is 16.0. The number of para-hydroxylation sites is 3. The van der Waals surface area contributed by atoms with Crippen molar-refractivity contribution in [1.82, 2.24) is 5.32 Å². The molecule has 2 aliphatic rings. The summed E-state index contributed by atoms with van der Waals surface area (Å²) in [6.45, 7) is 1.05. The van der Waals surface area contributed by atoms with E-state index in [4.69, 9.17) is 9.47 Å². The SMILES string of the molecule is O=C(NC[C@@H]1COc2ccccc2O1)c1ccc(S(=O)(=O)N2CCCc3ccccc32)cc1. The molecule has 2 heterocycles. The molecule has 3 aromatic carbocycles. The Hall–Kier alpha value is -3.52. The van der Waals surface area contributed by atoms with Crippen LogP contribution < -0.4 is 19.1 Å². The number of carbonyl (C=O) groups excluding carboxylic acids is 1. The fraction of sp³-hybridized carbons (Fsp3) is 0.240. The van der Waals surface area contributed by atoms with Gasteiger partial charge in [-0.3, -0.25) is 9.10 Å². The number of fused-ring (bicyclic) bond motifs is 2. The Bertz CT molecular complexity index is 1270. The Balaban J connectivity index is 1.25. The lowest BCUT2D eigenvalue weighted by Gasteiger charge is -2.30. The third kappa shape index (κ3) is 4.26. The summed E-state index contributed by atoms with van der Waals surface area (Å²) in [4.78, 5) is 12.8. The van der Waals surface area contributed by atoms with Crippen molar-refractivity contribution in [1.29, 1.82) is 0 Å². The van der Waals surface area contributed by atoms with Crippen molar-refractivity contribution in [3.63, 3.8) is 0 Å². The molecule has 0 unspecified atom stereocenters. The maximum atomic E-state index is 13.3. The van der Waals surface area contributed by atoms with E-state index in [1.165, 1.54) is 28.6 Å². The van der Waals surface area contributed by atoms with E-state index in [9.17, 15) is 13.2 Å². The van der Waals surface area contributed by atoms with Gasteiger partial charge >= 0.3 is 0 Å². The summed E-state index contributed by atoms with van der Waals surface area (Å²) in [5.74, 6) is 1.04. The van der Waals surface area contributed by atoms with E-state index in [0.717, 1.165) is 24.1 Å². The number of anilines is 1. The van der Waals surface area contributed by atoms with Crippen LogP contribution in [0.4, 0.5) is 5.69 Å². The number of ether oxygens (including phenoxy) is 2. The number of sulfonamides is 1. The van der Waals surface area contributed by atoms with Gasteiger partial charge < -0.3 is 14.8 Å². The highest BCUT2D eigenvalue weighted by molar-refractivity contribution is 7.92. The molecule has 170 valence electrons. The molecular formula is C25H24N2O5S. The van der Waals surface area contributed by atoms with E-state index in [1.54, 1.807) is 0 Å². The Morgan fingerprint density at radius 2 is 1.70 bits per heavy atom. The van der Waals surface area contributed by atoms with Crippen LogP contribution in [0.1, 0.15) is 22.3 Å². The highest BCUT2D eigenvalue weighted by Gasteiger charge is 2.29. The van der Waals surface area contributed by atoms with Crippen LogP contribution in [0.2, 0.25) is 0 Å². The predicted molar refractivity (Wildman–Crippen MR) is 124 cm³/mol. The van der Waals surface area contributed by atoms with Crippen molar-refractivity contribution in [2.45, 2.75) is 23.8 Å². The normalized spacial score (nSPS) is 17.2. The third-order valence-corrected chi connectivity index (χ3v) is 7.66. The molecule has 8 heteroatoms. The molecule has 1 atom stereocenters. The van der Waals surface area contributed by atoms with Crippen LogP contribution >= 0.6 is 0 Å². The lowest BCUT2D eigenvalue weighted by atomic mass is 10.0. The molecule has 0 radical (unpaired) electrons. The molecule has 7 nitrogen and oxygen atoms in total. The van der Waals surface area contributed by atoms with Gasteiger partial charge in [0.05, 0.1) is 17.1 Å². The molecule has 1 amide bonds. The lowest BCUT2D eigenvalue weighted by Crippen LogP contribution is -2.40. The van der Waals surface area contributed by atoms with E-state index in [1.807, 2.05) is 48.5 Å². The number of carbonyl (C=O) groups is 1. The molecule has 33 heavy (non-hydrogen) atoms. The van der Waals surface area contributed by atoms with E-state index in [0.29, 0.717) is 30.2 Å². The van der Waals surface area contributed by atoms with Gasteiger partial charge in [0.25, 0.3) is 15.9 Å². The van der Waals surface area contributed by atoms with Crippen molar-refractivity contribution in [2.24, 2.45) is 0 Å². The zero-order valence-electron chi connectivity index (χ0n) is 17.9. The largest absolute Gasteiger partial charge is 0.486 e. The second-order valence-electron chi connectivity index (χ2n) is 8.04. The van der Waals surface area contributed by atoms with Gasteiger partial charge in [-0.15, -0.1) is 0 Å². The molecule has 0 fully saturated rings. The van der Waals surface area contributed by atoms with Gasteiger partial charge in [0.2, 0.25) is 0 Å². The molecule has 2 aliphatic heterocycles. The number of rotatable bonds is 5. The number of nitrogens with one attached hydrogen (secondary N) is 1. The van der Waals surface area contributed by atoms with Crippen LogP contribution in [0, 0.1) is 0 Å². The van der Waals surface area contributed by atoms with E-state index >= 15 is 0 Å². The van der Waals surface area contributed by atoms with Crippen LogP contribution in [0.3, 0.4) is 0 Å². The Kier molecular flexibility index (Phi) is 5.68. The van der Waals surface area contributed by atoms with E-state index < -0.39 is 10.0 Å². The zero-order chi connectivity index (χ0) is 22.8. The van der Waals surface area contributed by atoms with Gasteiger partial charge in [-0.2, -0.15) is 0 Å². The molecule has 0 bridgehead atoms. The van der Waals surface area contributed by atoms with E-state index in [2.05, 4.69) is 5.32 Å². The summed E-state index contributed by atoms with van der Waals surface area (Å²) in [5.41, 5.74) is 2.13. The molecule has 0 saturated carbocycles. The zero-order valence-corrected chi connectivity index (χ0v) is 18.8. The van der Waals surface area contributed by atoms with Crippen LogP contribution in [0.15, 0.2) is 77.7 Å². The maximum absolute atomic E-state index is 13.3. The van der Waals surface area contributed by atoms with Crippen molar-refractivity contribution >= 4 is 21.6 Å². The quantitative estimate of drug-likeness (QED) is 0.626. The minimum absolute atomic E-state index is 0.163. The van der Waals surface area contributed by atoms with Crippen molar-refractivity contribution in [3.8, 4) is 11.5 Å². The highest BCUT2D eigenvalue weighted by atomic mass is 32.2. The molecule has 1 N–H and O–H groups in total. The van der Waals surface area contributed by atoms with Gasteiger partial charge in [-0.05, 0) is 60.9 Å². The first-order valence-corrected chi connectivity index (χ1v) is 12.3. The molecule has 0 saturated heterocycles. The molecular weight excluding hydrogens is 440 g/mol. The Morgan fingerprint density at radius 1 is 0.970 bits per heavy atom. The molecule has 5 rings (SSSR count). The van der Waals surface area contributed by atoms with Crippen LogP contribution in [0.5, 0.6) is 11.5 Å². The number of aryl methyl sites for hydroxylation is 1. The first kappa shape index (κ1) is 21.3. The molecule has 0 spiro atoms. The van der Waals surface area contributed by atoms with Gasteiger partial charge in [0, 0.05) is 12.1 Å². The molecule has 3 aromatic rings. The summed E-state index contributed by atoms with van der Waals surface area (Å²) in [5, 5.41) is 2.83. The standard InChI is InChI=1S/C25H24N2O5S/c28-25(26-16-20-17-31-23-9-3-4-10-24(23)32-20)19-11-13-21(14-12-19)33(29,30)27-15-5-7-18-6-1-2-8-22(18)27/h1-4,6,8-14,20H,5,7,15-17H2,(H,26,28)/t20-/m1/s1. The van der Waals surface area contributed by atoms with Crippen molar-refractivity contribution < 1.29 is 22.7 Å². The van der Waals surface area contributed by atoms with Gasteiger partial charge in [-0.25, -0.2) is 8.42 Å². The summed E-state index contributed by atoms with van der Waals surface area (Å²) >= 11 is 0. The van der Waals surface area contributed by atoms with Crippen LogP contribution in [-0.2, 0) is 16.4 Å². The van der Waals surface area contributed by atoms with Crippen LogP contribution in [0.25, 0.3) is 0 Å². The Labute approximate surface area is 193 Å². The average molecular weight is 465 g/mol. The predicted octanol–water partition coefficient (Wildman–Crippen LogP) is 3.40. The second kappa shape index (κ2) is 8.78. The van der Waals surface area contributed by atoms with Gasteiger partial charge in [0.1, 0.15) is 12.7 Å². The van der Waals surface area contributed by atoms with Gasteiger partial charge in [0.15, 0.2) is 11.5 Å². The van der Waals surface area contributed by atoms with Crippen LogP contribution in [-0.4, -0.2) is 40.1 Å². The average Bonchev–Trinajstić information content (AvgIpc) is 2.87. The summed E-state index contributed by atoms with van der Waals surface area (Å²) in [7, 11) is -3.71. The number of nitrogens with zero attached hydrogens (tertiary/aromatic N) is 1. The lowest BCUT2D eigenvalue weighted by molar-refractivity contribution is 0.0789. The highest BCUT2D eigenvalue weighted by Crippen LogP contribution is 2.32. The van der Waals surface area contributed by atoms with Crippen molar-refractivity contribution in [3.05, 3.63) is 83.9 Å². The summed E-state index contributed by atoms with van der Waals surface area (Å²) in [6, 6.07) is 21.0. The Morgan fingerprint density at radius 3 is 2.52 bits per heavy atom. The number of amides is 1. The molecule has 0 aliphatic carbocycles. The first-order valence-electron chi connectivity index (χ1n) is 10.9. The number of hydrogen-bond donors (Lipinski definition) is 1. The number of benzene rings is 3. The van der Waals surface area contributed by atoms with Crippen molar-refractivity contribution in [2.75, 3.05) is 24.0 Å². The number of hydrogen-bond acceptors (Lipinski definition) is 5. The summed E-state index contributed by atoms with van der Waals surface area (Å²) < 4.78 is 39.5. The van der Waals surface area contributed by atoms with E-state index in [-0.39, 0.29) is 23.5 Å². The minimum Gasteiger partial charge on any atom is -0.486 e. The molecule has 0 aromatic heterocycles. The summed E-state index contributed by atoms with van der Waals surface area (Å²) in [6.07, 6.45) is 1.33. The monoisotopic (exact) mass is 464 g/mol. The maximum Gasteiger partial charge on any atom is 0.264 e. The second-order valence-corrected chi connectivity index (χ2v) is 9.90. The third-order valence-electron chi connectivity index (χ3n) is 5.83. The smallest absolute Gasteiger partial charge is 0.264 e.